The Morgan fingerprint density at radius 2 is 1.56 bits per heavy atom. The third-order valence-corrected chi connectivity index (χ3v) is 7.93. The molecule has 0 radical (unpaired) electrons. The number of nitrogens with one attached hydrogen (secondary N) is 2. The Kier molecular flexibility index (Phi) is 8.23. The summed E-state index contributed by atoms with van der Waals surface area (Å²) < 4.78 is 37.5. The normalized spacial score (nSPS) is 17.9. The van der Waals surface area contributed by atoms with Crippen LogP contribution in [-0.4, -0.2) is 22.3 Å². The molecule has 2 unspecified atom stereocenters. The summed E-state index contributed by atoms with van der Waals surface area (Å²) in [6, 6.07) is 12.9. The molecule has 2 amide bonds. The first-order chi connectivity index (χ1) is 18.1. The molecule has 3 aromatic carbocycles. The molecule has 12 heteroatoms. The topological polar surface area (TPSA) is 58.2 Å². The van der Waals surface area contributed by atoms with Gasteiger partial charge < -0.3 is 10.6 Å². The smallest absolute Gasteiger partial charge is 0.326 e. The van der Waals surface area contributed by atoms with Gasteiger partial charge in [0.1, 0.15) is 4.33 Å². The van der Waals surface area contributed by atoms with Crippen LogP contribution < -0.4 is 10.6 Å². The van der Waals surface area contributed by atoms with Gasteiger partial charge in [0.2, 0.25) is 5.91 Å². The van der Waals surface area contributed by atoms with Crippen LogP contribution in [0.2, 0.25) is 15.1 Å². The highest BCUT2D eigenvalue weighted by atomic mass is 35.5. The lowest BCUT2D eigenvalue weighted by molar-refractivity contribution is -0.117. The summed E-state index contributed by atoms with van der Waals surface area (Å²) in [6.07, 6.45) is -4.58. The largest absolute Gasteiger partial charge is 0.416 e. The molecule has 0 aliphatic heterocycles. The van der Waals surface area contributed by atoms with Gasteiger partial charge in [0.05, 0.1) is 22.1 Å². The van der Waals surface area contributed by atoms with E-state index in [4.69, 9.17) is 58.0 Å². The maximum absolute atomic E-state index is 13.0. The fourth-order valence-electron chi connectivity index (χ4n) is 4.16. The van der Waals surface area contributed by atoms with Crippen molar-refractivity contribution < 1.29 is 22.8 Å². The van der Waals surface area contributed by atoms with E-state index in [9.17, 15) is 22.8 Å². The molecule has 1 aliphatic carbocycles. The first-order valence-corrected chi connectivity index (χ1v) is 13.1. The Hall–Kier alpha value is -2.42. The van der Waals surface area contributed by atoms with Crippen molar-refractivity contribution in [1.82, 2.24) is 0 Å². The maximum Gasteiger partial charge on any atom is 0.416 e. The van der Waals surface area contributed by atoms with E-state index in [0.29, 0.717) is 21.2 Å². The summed E-state index contributed by atoms with van der Waals surface area (Å²) in [5.74, 6) is -2.52. The number of benzene rings is 3. The van der Waals surface area contributed by atoms with Crippen molar-refractivity contribution >= 4 is 86.8 Å². The number of alkyl halides is 5. The standard InChI is InChI=1S/C27H18Cl5F3N2O2/c1-12-7-14(13(2)27(33,34)35)3-6-21(12)37-24(38)19-11-18(4-5-20(19)30)36-25(39)23-22(26(23,31)32)15-8-16(28)10-17(29)9-15/h3-11,22-23H,2H2,1H3,(H,36,39)(H,37,38). The molecule has 0 saturated heterocycles. The van der Waals surface area contributed by atoms with Gasteiger partial charge in [0.25, 0.3) is 5.91 Å². The van der Waals surface area contributed by atoms with Gasteiger partial charge in [-0.15, -0.1) is 23.2 Å². The van der Waals surface area contributed by atoms with Crippen LogP contribution in [0.15, 0.2) is 61.2 Å². The summed E-state index contributed by atoms with van der Waals surface area (Å²) in [5.41, 5.74) is 0.427. The zero-order valence-corrected chi connectivity index (χ0v) is 23.7. The maximum atomic E-state index is 13.0. The second kappa shape index (κ2) is 10.9. The molecule has 1 saturated carbocycles. The molecule has 0 aromatic heterocycles. The molecule has 204 valence electrons. The average Bonchev–Trinajstić information content (AvgIpc) is 3.41. The Bertz CT molecular complexity index is 1490. The number of hydrogen-bond donors (Lipinski definition) is 2. The van der Waals surface area contributed by atoms with E-state index in [1.54, 1.807) is 25.1 Å². The summed E-state index contributed by atoms with van der Waals surface area (Å²) in [5, 5.41) is 6.15. The number of anilines is 2. The number of amides is 2. The predicted molar refractivity (Wildman–Crippen MR) is 151 cm³/mol. The minimum atomic E-state index is -4.58. The van der Waals surface area contributed by atoms with Crippen molar-refractivity contribution in [3.63, 3.8) is 0 Å². The molecular weight excluding hydrogens is 619 g/mol. The zero-order chi connectivity index (χ0) is 28.9. The highest BCUT2D eigenvalue weighted by Crippen LogP contribution is 2.65. The van der Waals surface area contributed by atoms with Crippen LogP contribution in [0.1, 0.15) is 33.0 Å². The third kappa shape index (κ3) is 6.34. The van der Waals surface area contributed by atoms with Gasteiger partial charge >= 0.3 is 6.18 Å². The van der Waals surface area contributed by atoms with E-state index in [1.165, 1.54) is 36.4 Å². The molecule has 4 rings (SSSR count). The van der Waals surface area contributed by atoms with Crippen molar-refractivity contribution in [2.24, 2.45) is 5.92 Å². The predicted octanol–water partition coefficient (Wildman–Crippen LogP) is 9.31. The molecule has 1 aliphatic rings. The van der Waals surface area contributed by atoms with Gasteiger partial charge in [-0.25, -0.2) is 0 Å². The van der Waals surface area contributed by atoms with Gasteiger partial charge in [0.15, 0.2) is 0 Å². The van der Waals surface area contributed by atoms with Crippen molar-refractivity contribution in [3.05, 3.63) is 98.5 Å². The quantitative estimate of drug-likeness (QED) is 0.265. The van der Waals surface area contributed by atoms with Gasteiger partial charge in [-0.1, -0.05) is 47.4 Å². The Morgan fingerprint density at radius 3 is 2.15 bits per heavy atom. The molecule has 0 heterocycles. The van der Waals surface area contributed by atoms with Crippen LogP contribution in [0, 0.1) is 12.8 Å². The number of halogens is 8. The molecule has 2 N–H and O–H groups in total. The SMILES string of the molecule is C=C(c1ccc(NC(=O)c2cc(NC(=O)C3C(c4cc(Cl)cc(Cl)c4)C3(Cl)Cl)ccc2Cl)c(C)c1)C(F)(F)F. The average molecular weight is 637 g/mol. The number of allylic oxidation sites excluding steroid dienone is 1. The number of hydrogen-bond acceptors (Lipinski definition) is 2. The lowest BCUT2D eigenvalue weighted by Gasteiger charge is -2.14. The van der Waals surface area contributed by atoms with E-state index in [2.05, 4.69) is 17.2 Å². The van der Waals surface area contributed by atoms with Crippen molar-refractivity contribution in [2.75, 3.05) is 10.6 Å². The Labute approximate surface area is 247 Å². The second-order valence-corrected chi connectivity index (χ2v) is 11.7. The molecule has 0 spiro atoms. The monoisotopic (exact) mass is 634 g/mol. The molecule has 2 atom stereocenters. The number of aryl methyl sites for hydroxylation is 1. The molecule has 0 bridgehead atoms. The van der Waals surface area contributed by atoms with E-state index < -0.39 is 39.7 Å². The lowest BCUT2D eigenvalue weighted by atomic mass is 10.0. The van der Waals surface area contributed by atoms with Gasteiger partial charge in [-0.05, 0) is 72.1 Å². The van der Waals surface area contributed by atoms with Crippen LogP contribution in [0.25, 0.3) is 5.57 Å². The van der Waals surface area contributed by atoms with Crippen molar-refractivity contribution in [2.45, 2.75) is 23.4 Å². The second-order valence-electron chi connectivity index (χ2n) is 8.98. The van der Waals surface area contributed by atoms with E-state index >= 15 is 0 Å². The van der Waals surface area contributed by atoms with Gasteiger partial charge in [0, 0.05) is 27.3 Å². The minimum absolute atomic E-state index is 0.0228. The Morgan fingerprint density at radius 1 is 0.923 bits per heavy atom. The van der Waals surface area contributed by atoms with Crippen LogP contribution in [-0.2, 0) is 4.79 Å². The minimum Gasteiger partial charge on any atom is -0.326 e. The van der Waals surface area contributed by atoms with Crippen molar-refractivity contribution in [3.8, 4) is 0 Å². The number of carbonyl (C=O) groups is 2. The Balaban J connectivity index is 1.50. The zero-order valence-electron chi connectivity index (χ0n) is 19.9. The molecule has 3 aromatic rings. The third-order valence-electron chi connectivity index (χ3n) is 6.22. The first kappa shape index (κ1) is 29.6. The molecule has 39 heavy (non-hydrogen) atoms. The number of rotatable bonds is 6. The van der Waals surface area contributed by atoms with Crippen LogP contribution in [0.4, 0.5) is 24.5 Å². The molecule has 4 nitrogen and oxygen atoms in total. The fourth-order valence-corrected chi connectivity index (χ4v) is 5.74. The summed E-state index contributed by atoms with van der Waals surface area (Å²) in [7, 11) is 0. The highest BCUT2D eigenvalue weighted by molar-refractivity contribution is 6.53. The molecule has 1 fully saturated rings. The van der Waals surface area contributed by atoms with Crippen LogP contribution in [0.3, 0.4) is 0 Å². The first-order valence-electron chi connectivity index (χ1n) is 11.2. The fraction of sp³-hybridized carbons (Fsp3) is 0.185. The van der Waals surface area contributed by atoms with Gasteiger partial charge in [-0.3, -0.25) is 9.59 Å². The van der Waals surface area contributed by atoms with Crippen molar-refractivity contribution in [1.29, 1.82) is 0 Å². The summed E-state index contributed by atoms with van der Waals surface area (Å²) in [6.45, 7) is 4.63. The van der Waals surface area contributed by atoms with Crippen LogP contribution in [0.5, 0.6) is 0 Å². The van der Waals surface area contributed by atoms with E-state index in [1.807, 2.05) is 0 Å². The molecular formula is C27H18Cl5F3N2O2. The van der Waals surface area contributed by atoms with Gasteiger partial charge in [-0.2, -0.15) is 13.2 Å². The highest BCUT2D eigenvalue weighted by Gasteiger charge is 2.67. The van der Waals surface area contributed by atoms with Crippen LogP contribution >= 0.6 is 58.0 Å². The van der Waals surface area contributed by atoms with E-state index in [-0.39, 0.29) is 27.5 Å². The number of carbonyl (C=O) groups excluding carboxylic acids is 2. The summed E-state index contributed by atoms with van der Waals surface area (Å²) >= 11 is 31.2. The van der Waals surface area contributed by atoms with E-state index in [0.717, 1.165) is 0 Å². The lowest BCUT2D eigenvalue weighted by Crippen LogP contribution is -2.18. The summed E-state index contributed by atoms with van der Waals surface area (Å²) in [4.78, 5) is 26.0.